The zero-order valence-corrected chi connectivity index (χ0v) is 15.8. The van der Waals surface area contributed by atoms with E-state index in [-0.39, 0.29) is 0 Å². The number of hydrogen-bond donors (Lipinski definition) is 0. The molecule has 0 amide bonds. The maximum atomic E-state index is 5.54. The Balaban J connectivity index is 1.64. The molecule has 5 heterocycles. The molecule has 0 spiro atoms. The molecule has 1 saturated heterocycles. The Kier molecular flexibility index (Phi) is 4.29. The first kappa shape index (κ1) is 16.9. The van der Waals surface area contributed by atoms with Crippen LogP contribution in [0, 0.1) is 0 Å². The van der Waals surface area contributed by atoms with E-state index in [1.165, 1.54) is 16.5 Å². The maximum absolute atomic E-state index is 5.54. The average molecular weight is 374 g/mol. The summed E-state index contributed by atoms with van der Waals surface area (Å²) in [6.45, 7) is 3.98. The van der Waals surface area contributed by atoms with Gasteiger partial charge < -0.3 is 14.2 Å². The highest BCUT2D eigenvalue weighted by atomic mass is 16.5. The third-order valence-corrected chi connectivity index (χ3v) is 5.16. The first-order valence-electron chi connectivity index (χ1n) is 9.48. The number of aryl methyl sites for hydroxylation is 1. The van der Waals surface area contributed by atoms with E-state index in [2.05, 4.69) is 50.0 Å². The van der Waals surface area contributed by atoms with E-state index in [4.69, 9.17) is 9.72 Å². The zero-order chi connectivity index (χ0) is 18.9. The van der Waals surface area contributed by atoms with Crippen LogP contribution in [-0.4, -0.2) is 50.6 Å². The fourth-order valence-electron chi connectivity index (χ4n) is 3.71. The molecule has 1 fully saturated rings. The first-order valence-corrected chi connectivity index (χ1v) is 9.48. The van der Waals surface area contributed by atoms with Crippen molar-refractivity contribution in [3.63, 3.8) is 0 Å². The second-order valence-corrected chi connectivity index (χ2v) is 7.07. The number of fused-ring (bicyclic) bond motifs is 1. The van der Waals surface area contributed by atoms with Crippen molar-refractivity contribution in [3.8, 4) is 11.3 Å². The Morgan fingerprint density at radius 2 is 1.93 bits per heavy atom. The van der Waals surface area contributed by atoms with Crippen molar-refractivity contribution in [1.82, 2.24) is 24.3 Å². The van der Waals surface area contributed by atoms with E-state index in [9.17, 15) is 0 Å². The normalized spacial score (nSPS) is 14.7. The summed E-state index contributed by atoms with van der Waals surface area (Å²) in [5.41, 5.74) is 4.36. The predicted octanol–water partition coefficient (Wildman–Crippen LogP) is 2.72. The van der Waals surface area contributed by atoms with E-state index >= 15 is 0 Å². The minimum absolute atomic E-state index is 0.734. The van der Waals surface area contributed by atoms with Crippen molar-refractivity contribution in [3.05, 3.63) is 60.8 Å². The summed E-state index contributed by atoms with van der Waals surface area (Å²) in [5, 5.41) is 5.49. The van der Waals surface area contributed by atoms with Gasteiger partial charge in [-0.25, -0.2) is 4.98 Å². The minimum atomic E-state index is 0.734. The molecule has 4 aromatic rings. The smallest absolute Gasteiger partial charge is 0.138 e. The molecular weight excluding hydrogens is 352 g/mol. The number of nitrogens with zero attached hydrogens (tertiary/aromatic N) is 6. The fraction of sp³-hybridized carbons (Fsp3) is 0.286. The van der Waals surface area contributed by atoms with Crippen molar-refractivity contribution in [1.29, 1.82) is 0 Å². The summed E-state index contributed by atoms with van der Waals surface area (Å²) in [6, 6.07) is 8.44. The lowest BCUT2D eigenvalue weighted by Crippen LogP contribution is -2.36. The number of rotatable bonds is 4. The molecule has 0 unspecified atom stereocenters. The van der Waals surface area contributed by atoms with Gasteiger partial charge in [0.1, 0.15) is 5.82 Å². The number of morpholine rings is 1. The summed E-state index contributed by atoms with van der Waals surface area (Å²) in [4.78, 5) is 11.5. The third-order valence-electron chi connectivity index (χ3n) is 5.16. The highest BCUT2D eigenvalue weighted by molar-refractivity contribution is 5.93. The zero-order valence-electron chi connectivity index (χ0n) is 15.8. The molecule has 28 heavy (non-hydrogen) atoms. The lowest BCUT2D eigenvalue weighted by Gasteiger charge is -2.28. The summed E-state index contributed by atoms with van der Waals surface area (Å²) < 4.78 is 9.63. The lowest BCUT2D eigenvalue weighted by atomic mass is 10.1. The highest BCUT2D eigenvalue weighted by Gasteiger charge is 2.19. The van der Waals surface area contributed by atoms with Gasteiger partial charge in [-0.3, -0.25) is 9.67 Å². The molecule has 7 nitrogen and oxygen atoms in total. The average Bonchev–Trinajstić information content (AvgIpc) is 3.35. The Morgan fingerprint density at radius 1 is 1.11 bits per heavy atom. The van der Waals surface area contributed by atoms with Crippen LogP contribution in [0.4, 0.5) is 5.82 Å². The van der Waals surface area contributed by atoms with Crippen molar-refractivity contribution < 1.29 is 4.74 Å². The van der Waals surface area contributed by atoms with Crippen LogP contribution in [0.5, 0.6) is 0 Å². The summed E-state index contributed by atoms with van der Waals surface area (Å²) in [6.07, 6.45) is 9.69. The molecule has 7 heteroatoms. The first-order chi connectivity index (χ1) is 13.8. The lowest BCUT2D eigenvalue weighted by molar-refractivity contribution is 0.122. The Labute approximate surface area is 163 Å². The molecule has 0 aromatic carbocycles. The van der Waals surface area contributed by atoms with Gasteiger partial charge >= 0.3 is 0 Å². The Bertz CT molecular complexity index is 1090. The molecule has 0 radical (unpaired) electrons. The quantitative estimate of drug-likeness (QED) is 0.550. The molecule has 0 bridgehead atoms. The van der Waals surface area contributed by atoms with Crippen molar-refractivity contribution in [2.75, 3.05) is 31.2 Å². The van der Waals surface area contributed by atoms with E-state index < -0.39 is 0 Å². The molecule has 0 atom stereocenters. The highest BCUT2D eigenvalue weighted by Crippen LogP contribution is 2.31. The van der Waals surface area contributed by atoms with Crippen LogP contribution in [0.25, 0.3) is 22.2 Å². The van der Waals surface area contributed by atoms with Gasteiger partial charge in [-0.1, -0.05) is 0 Å². The van der Waals surface area contributed by atoms with Gasteiger partial charge in [0, 0.05) is 62.4 Å². The van der Waals surface area contributed by atoms with Gasteiger partial charge in [0.25, 0.3) is 0 Å². The summed E-state index contributed by atoms with van der Waals surface area (Å²) >= 11 is 0. The largest absolute Gasteiger partial charge is 0.378 e. The number of aromatic nitrogens is 5. The standard InChI is InChI=1S/C21H22N6O/c1-25-15-17(13-23-25)19-12-20-18(21(24-19)26-8-10-28-11-9-26)4-7-27(20)14-16-2-5-22-6-3-16/h2-7,12-13,15H,8-11,14H2,1H3. The van der Waals surface area contributed by atoms with Gasteiger partial charge in [0.15, 0.2) is 0 Å². The van der Waals surface area contributed by atoms with E-state index in [1.54, 1.807) is 0 Å². The predicted molar refractivity (Wildman–Crippen MR) is 108 cm³/mol. The molecule has 0 aliphatic carbocycles. The van der Waals surface area contributed by atoms with E-state index in [1.807, 2.05) is 36.5 Å². The molecule has 0 N–H and O–H groups in total. The van der Waals surface area contributed by atoms with Gasteiger partial charge in [-0.05, 0) is 29.8 Å². The minimum Gasteiger partial charge on any atom is -0.378 e. The van der Waals surface area contributed by atoms with Gasteiger partial charge in [-0.15, -0.1) is 0 Å². The van der Waals surface area contributed by atoms with Gasteiger partial charge in [0.2, 0.25) is 0 Å². The topological polar surface area (TPSA) is 61.0 Å². The summed E-state index contributed by atoms with van der Waals surface area (Å²) in [7, 11) is 1.93. The van der Waals surface area contributed by atoms with E-state index in [0.717, 1.165) is 49.9 Å². The molecule has 1 aliphatic rings. The van der Waals surface area contributed by atoms with Gasteiger partial charge in [0.05, 0.1) is 30.6 Å². The Morgan fingerprint density at radius 3 is 2.68 bits per heavy atom. The third kappa shape index (κ3) is 3.14. The number of ether oxygens (including phenoxy) is 1. The molecule has 0 saturated carbocycles. The fourth-order valence-corrected chi connectivity index (χ4v) is 3.71. The van der Waals surface area contributed by atoms with Crippen LogP contribution in [-0.2, 0) is 18.3 Å². The molecular formula is C21H22N6O. The van der Waals surface area contributed by atoms with Crippen LogP contribution < -0.4 is 4.90 Å². The van der Waals surface area contributed by atoms with Crippen molar-refractivity contribution in [2.45, 2.75) is 6.54 Å². The van der Waals surface area contributed by atoms with Crippen molar-refractivity contribution >= 4 is 16.7 Å². The summed E-state index contributed by atoms with van der Waals surface area (Å²) in [5.74, 6) is 1.02. The van der Waals surface area contributed by atoms with Crippen LogP contribution in [0.2, 0.25) is 0 Å². The second-order valence-electron chi connectivity index (χ2n) is 7.07. The van der Waals surface area contributed by atoms with Crippen LogP contribution in [0.1, 0.15) is 5.56 Å². The molecule has 1 aliphatic heterocycles. The molecule has 142 valence electrons. The Hall–Kier alpha value is -3.19. The molecule has 5 rings (SSSR count). The molecule has 4 aromatic heterocycles. The van der Waals surface area contributed by atoms with Crippen LogP contribution in [0.15, 0.2) is 55.2 Å². The number of hydrogen-bond acceptors (Lipinski definition) is 5. The van der Waals surface area contributed by atoms with Crippen molar-refractivity contribution in [2.24, 2.45) is 7.05 Å². The number of anilines is 1. The van der Waals surface area contributed by atoms with E-state index in [0.29, 0.717) is 0 Å². The second kappa shape index (κ2) is 7.09. The van der Waals surface area contributed by atoms with Crippen LogP contribution in [0.3, 0.4) is 0 Å². The monoisotopic (exact) mass is 374 g/mol. The van der Waals surface area contributed by atoms with Crippen LogP contribution >= 0.6 is 0 Å². The SMILES string of the molecule is Cn1cc(-c2cc3c(ccn3Cc3ccncc3)c(N3CCOCC3)n2)cn1. The van der Waals surface area contributed by atoms with Gasteiger partial charge in [-0.2, -0.15) is 5.10 Å². The number of pyridine rings is 2. The maximum Gasteiger partial charge on any atom is 0.138 e.